The molecule has 1 heterocycles. The van der Waals surface area contributed by atoms with Crippen molar-refractivity contribution >= 4 is 0 Å². The Bertz CT molecular complexity index is 938. The van der Waals surface area contributed by atoms with Gasteiger partial charge in [-0.1, -0.05) is 30.3 Å². The second kappa shape index (κ2) is 6.64. The highest BCUT2D eigenvalue weighted by molar-refractivity contribution is 5.65. The first-order chi connectivity index (χ1) is 11.6. The quantitative estimate of drug-likeness (QED) is 0.769. The van der Waals surface area contributed by atoms with Gasteiger partial charge in [0.2, 0.25) is 5.88 Å². The fourth-order valence-electron chi connectivity index (χ4n) is 2.27. The monoisotopic (exact) mass is 328 g/mol. The molecule has 24 heavy (non-hydrogen) atoms. The molecule has 122 valence electrons. The maximum absolute atomic E-state index is 13.7. The van der Waals surface area contributed by atoms with Crippen LogP contribution in [0.5, 0.6) is 11.6 Å². The van der Waals surface area contributed by atoms with E-state index in [1.807, 2.05) is 35.3 Å². The van der Waals surface area contributed by atoms with Gasteiger partial charge >= 0.3 is 0 Å². The zero-order chi connectivity index (χ0) is 17.1. The first-order valence-corrected chi connectivity index (χ1v) is 7.22. The Morgan fingerprint density at radius 2 is 1.67 bits per heavy atom. The van der Waals surface area contributed by atoms with Gasteiger partial charge in [0.1, 0.15) is 5.75 Å². The molecule has 0 amide bonds. The number of hydrogen-bond donors (Lipinski definition) is 2. The minimum Gasteiger partial charge on any atom is -0.438 e. The molecule has 0 spiro atoms. The van der Waals surface area contributed by atoms with E-state index in [1.54, 1.807) is 18.2 Å². The predicted molar refractivity (Wildman–Crippen MR) is 86.8 cm³/mol. The Hall–Kier alpha value is -2.99. The van der Waals surface area contributed by atoms with Crippen LogP contribution in [0.25, 0.3) is 11.1 Å². The minimum absolute atomic E-state index is 0.312. The third-order valence-corrected chi connectivity index (χ3v) is 3.46. The van der Waals surface area contributed by atoms with Crippen LogP contribution in [0.1, 0.15) is 5.56 Å². The number of hydrogen-bond acceptors (Lipinski definition) is 3. The second-order valence-corrected chi connectivity index (χ2v) is 5.16. The van der Waals surface area contributed by atoms with E-state index < -0.39 is 23.1 Å². The van der Waals surface area contributed by atoms with Gasteiger partial charge in [0.05, 0.1) is 0 Å². The van der Waals surface area contributed by atoms with Crippen LogP contribution >= 0.6 is 0 Å². The first kappa shape index (κ1) is 15.9. The van der Waals surface area contributed by atoms with E-state index in [4.69, 9.17) is 10.5 Å². The minimum atomic E-state index is -1.20. The molecule has 0 aliphatic heterocycles. The van der Waals surface area contributed by atoms with Crippen molar-refractivity contribution in [2.75, 3.05) is 0 Å². The lowest BCUT2D eigenvalue weighted by Gasteiger charge is -2.09. The number of benzene rings is 2. The fraction of sp³-hybridized carbons (Fsp3) is 0.0556. The van der Waals surface area contributed by atoms with Gasteiger partial charge in [-0.2, -0.15) is 0 Å². The number of H-pyrrole nitrogens is 1. The van der Waals surface area contributed by atoms with Gasteiger partial charge in [0, 0.05) is 12.6 Å². The molecular weight excluding hydrogens is 314 g/mol. The summed E-state index contributed by atoms with van der Waals surface area (Å²) >= 11 is 0. The number of halogens is 2. The van der Waals surface area contributed by atoms with E-state index in [0.29, 0.717) is 18.4 Å². The topological polar surface area (TPSA) is 68.1 Å². The smallest absolute Gasteiger partial charge is 0.286 e. The summed E-state index contributed by atoms with van der Waals surface area (Å²) in [6, 6.07) is 15.1. The Morgan fingerprint density at radius 3 is 2.42 bits per heavy atom. The first-order valence-electron chi connectivity index (χ1n) is 7.22. The Balaban J connectivity index is 1.94. The van der Waals surface area contributed by atoms with E-state index in [2.05, 4.69) is 0 Å². The average Bonchev–Trinajstić information content (AvgIpc) is 2.60. The molecule has 0 radical (unpaired) electrons. The van der Waals surface area contributed by atoms with Crippen LogP contribution in [0.4, 0.5) is 8.78 Å². The number of nitrogens with one attached hydrogen (secondary N) is 1. The lowest BCUT2D eigenvalue weighted by molar-refractivity contribution is 0.414. The normalized spacial score (nSPS) is 10.6. The molecule has 3 rings (SSSR count). The highest BCUT2D eigenvalue weighted by Gasteiger charge is 2.11. The van der Waals surface area contributed by atoms with E-state index in [0.717, 1.165) is 16.7 Å². The summed E-state index contributed by atoms with van der Waals surface area (Å²) in [7, 11) is 0. The summed E-state index contributed by atoms with van der Waals surface area (Å²) in [5, 5.41) is 0. The molecule has 1 aromatic heterocycles. The molecule has 6 heteroatoms. The van der Waals surface area contributed by atoms with Crippen molar-refractivity contribution < 1.29 is 13.5 Å². The molecule has 0 saturated heterocycles. The fourth-order valence-corrected chi connectivity index (χ4v) is 2.27. The van der Waals surface area contributed by atoms with Gasteiger partial charge in [-0.3, -0.25) is 9.78 Å². The Morgan fingerprint density at radius 1 is 0.958 bits per heavy atom. The highest BCUT2D eigenvalue weighted by Crippen LogP contribution is 2.27. The molecule has 0 unspecified atom stereocenters. The zero-order valence-corrected chi connectivity index (χ0v) is 12.6. The summed E-state index contributed by atoms with van der Waals surface area (Å²) in [6.45, 7) is 0.423. The van der Waals surface area contributed by atoms with Crippen LogP contribution in [-0.4, -0.2) is 4.98 Å². The van der Waals surface area contributed by atoms with Crippen LogP contribution in [0.15, 0.2) is 59.4 Å². The van der Waals surface area contributed by atoms with Crippen molar-refractivity contribution in [2.24, 2.45) is 5.73 Å². The number of aromatic amines is 1. The largest absolute Gasteiger partial charge is 0.438 e. The maximum atomic E-state index is 13.7. The van der Waals surface area contributed by atoms with E-state index in [9.17, 15) is 13.6 Å². The summed E-state index contributed by atoms with van der Waals surface area (Å²) in [5.41, 5.74) is 7.34. The second-order valence-electron chi connectivity index (χ2n) is 5.16. The molecule has 0 fully saturated rings. The number of pyridine rings is 1. The SMILES string of the molecule is NCc1cccc(-c2cccc(Oc3[nH]c(=O)c(F)cc3F)c2)c1. The molecule has 3 aromatic rings. The van der Waals surface area contributed by atoms with Crippen LogP contribution in [0.3, 0.4) is 0 Å². The number of aromatic nitrogens is 1. The number of nitrogens with two attached hydrogens (primary N) is 1. The summed E-state index contributed by atoms with van der Waals surface area (Å²) < 4.78 is 32.0. The van der Waals surface area contributed by atoms with E-state index in [1.165, 1.54) is 0 Å². The third kappa shape index (κ3) is 3.33. The summed E-state index contributed by atoms with van der Waals surface area (Å²) in [6.07, 6.45) is 0. The van der Waals surface area contributed by atoms with Crippen molar-refractivity contribution in [3.05, 3.63) is 82.1 Å². The van der Waals surface area contributed by atoms with Crippen LogP contribution in [0.2, 0.25) is 0 Å². The molecule has 0 bridgehead atoms. The molecule has 0 atom stereocenters. The van der Waals surface area contributed by atoms with Gasteiger partial charge < -0.3 is 10.5 Å². The summed E-state index contributed by atoms with van der Waals surface area (Å²) in [4.78, 5) is 13.3. The van der Waals surface area contributed by atoms with Crippen molar-refractivity contribution in [3.8, 4) is 22.8 Å². The van der Waals surface area contributed by atoms with Crippen molar-refractivity contribution in [1.82, 2.24) is 4.98 Å². The molecule has 4 nitrogen and oxygen atoms in total. The maximum Gasteiger partial charge on any atom is 0.286 e. The van der Waals surface area contributed by atoms with E-state index in [-0.39, 0.29) is 0 Å². The zero-order valence-electron chi connectivity index (χ0n) is 12.6. The summed E-state index contributed by atoms with van der Waals surface area (Å²) in [5.74, 6) is -2.31. The average molecular weight is 328 g/mol. The van der Waals surface area contributed by atoms with Crippen molar-refractivity contribution in [3.63, 3.8) is 0 Å². The van der Waals surface area contributed by atoms with E-state index >= 15 is 0 Å². The van der Waals surface area contributed by atoms with Crippen molar-refractivity contribution in [2.45, 2.75) is 6.54 Å². The number of rotatable bonds is 4. The third-order valence-electron chi connectivity index (χ3n) is 3.46. The molecule has 0 aliphatic rings. The molecule has 0 saturated carbocycles. The molecule has 0 aliphatic carbocycles. The Labute approximate surface area is 136 Å². The standard InChI is InChI=1S/C18H14F2N2O2/c19-15-9-16(20)18(22-17(15)23)24-14-6-2-5-13(8-14)12-4-1-3-11(7-12)10-21/h1-9H,10,21H2,(H,22,23). The van der Waals surface area contributed by atoms with Gasteiger partial charge in [0.25, 0.3) is 5.56 Å². The van der Waals surface area contributed by atoms with Crippen molar-refractivity contribution in [1.29, 1.82) is 0 Å². The van der Waals surface area contributed by atoms with Gasteiger partial charge in [-0.15, -0.1) is 0 Å². The van der Waals surface area contributed by atoms with Crippen LogP contribution in [0, 0.1) is 11.6 Å². The highest BCUT2D eigenvalue weighted by atomic mass is 19.1. The number of ether oxygens (including phenoxy) is 1. The Kier molecular flexibility index (Phi) is 4.39. The predicted octanol–water partition coefficient (Wildman–Crippen LogP) is 3.57. The molecule has 2 aromatic carbocycles. The van der Waals surface area contributed by atoms with Gasteiger partial charge in [0.15, 0.2) is 11.6 Å². The van der Waals surface area contributed by atoms with Gasteiger partial charge in [-0.25, -0.2) is 8.78 Å². The molecule has 3 N–H and O–H groups in total. The van der Waals surface area contributed by atoms with Gasteiger partial charge in [-0.05, 0) is 34.9 Å². The lowest BCUT2D eigenvalue weighted by Crippen LogP contribution is -2.12. The van der Waals surface area contributed by atoms with Crippen LogP contribution in [-0.2, 0) is 6.54 Å². The molecular formula is C18H14F2N2O2. The lowest BCUT2D eigenvalue weighted by atomic mass is 10.0. The van der Waals surface area contributed by atoms with Crippen LogP contribution < -0.4 is 16.0 Å².